The molecule has 0 unspecified atom stereocenters. The highest BCUT2D eigenvalue weighted by atomic mass is 35.5. The van der Waals surface area contributed by atoms with E-state index in [1.54, 1.807) is 30.3 Å². The minimum Gasteiger partial charge on any atom is -0.494 e. The maximum atomic E-state index is 12.8. The number of hydrogen-bond donors (Lipinski definition) is 0. The summed E-state index contributed by atoms with van der Waals surface area (Å²) >= 11 is 6.01. The Hall–Kier alpha value is -2.04. The number of nitrogens with zero attached hydrogens (tertiary/aromatic N) is 1. The highest BCUT2D eigenvalue weighted by Crippen LogP contribution is 2.25. The Morgan fingerprint density at radius 2 is 1.86 bits per heavy atom. The number of benzene rings is 2. The van der Waals surface area contributed by atoms with E-state index in [-0.39, 0.29) is 5.43 Å². The van der Waals surface area contributed by atoms with Gasteiger partial charge in [-0.2, -0.15) is 0 Å². The van der Waals surface area contributed by atoms with E-state index < -0.39 is 0 Å². The summed E-state index contributed by atoms with van der Waals surface area (Å²) in [6, 6.07) is 10.5. The van der Waals surface area contributed by atoms with Crippen LogP contribution in [0.25, 0.3) is 21.9 Å². The second-order valence-electron chi connectivity index (χ2n) is 8.16. The van der Waals surface area contributed by atoms with E-state index in [1.807, 2.05) is 6.07 Å². The van der Waals surface area contributed by atoms with Crippen molar-refractivity contribution in [3.05, 3.63) is 51.6 Å². The van der Waals surface area contributed by atoms with Crippen molar-refractivity contribution in [1.82, 2.24) is 4.90 Å². The van der Waals surface area contributed by atoms with Crippen LogP contribution in [0, 0.1) is 5.92 Å². The quantitative estimate of drug-likeness (QED) is 0.358. The molecular weight excluding hydrogens is 386 g/mol. The van der Waals surface area contributed by atoms with Crippen molar-refractivity contribution in [2.24, 2.45) is 5.92 Å². The number of fused-ring (bicyclic) bond motifs is 2. The largest absolute Gasteiger partial charge is 0.494 e. The Morgan fingerprint density at radius 1 is 1.03 bits per heavy atom. The van der Waals surface area contributed by atoms with Crippen molar-refractivity contribution in [1.29, 1.82) is 0 Å². The third-order valence-electron chi connectivity index (χ3n) is 5.87. The van der Waals surface area contributed by atoms with Crippen molar-refractivity contribution < 1.29 is 9.15 Å². The van der Waals surface area contributed by atoms with Gasteiger partial charge in [0.05, 0.1) is 17.4 Å². The van der Waals surface area contributed by atoms with Crippen molar-refractivity contribution in [3.63, 3.8) is 0 Å². The highest BCUT2D eigenvalue weighted by Gasteiger charge is 2.14. The average Bonchev–Trinajstić information content (AvgIpc) is 2.72. The number of unbranched alkanes of at least 4 members (excludes halogenated alkanes) is 2. The monoisotopic (exact) mass is 413 g/mol. The van der Waals surface area contributed by atoms with Gasteiger partial charge in [0.1, 0.15) is 16.9 Å². The van der Waals surface area contributed by atoms with Gasteiger partial charge in [0, 0.05) is 11.1 Å². The Kier molecular flexibility index (Phi) is 6.41. The summed E-state index contributed by atoms with van der Waals surface area (Å²) in [5.74, 6) is 1.60. The lowest BCUT2D eigenvalue weighted by Crippen LogP contribution is -2.33. The number of ether oxygens (including phenoxy) is 1. The SMILES string of the molecule is CC1CCN(CCCCCOc2ccc3oc4cc(Cl)ccc4c(=O)c3c2)CC1. The summed E-state index contributed by atoms with van der Waals surface area (Å²) in [6.07, 6.45) is 6.07. The van der Waals surface area contributed by atoms with Crippen LogP contribution in [-0.4, -0.2) is 31.1 Å². The lowest BCUT2D eigenvalue weighted by Gasteiger charge is -2.30. The van der Waals surface area contributed by atoms with Crippen LogP contribution in [0.15, 0.2) is 45.6 Å². The van der Waals surface area contributed by atoms with Gasteiger partial charge < -0.3 is 14.1 Å². The molecule has 0 atom stereocenters. The summed E-state index contributed by atoms with van der Waals surface area (Å²) in [5.41, 5.74) is 0.999. The predicted octanol–water partition coefficient (Wildman–Crippen LogP) is 5.88. The molecule has 1 aromatic heterocycles. The molecule has 0 amide bonds. The molecular formula is C24H28ClNO3. The van der Waals surface area contributed by atoms with Gasteiger partial charge in [0.2, 0.25) is 5.43 Å². The van der Waals surface area contributed by atoms with Crippen LogP contribution in [0.1, 0.15) is 39.0 Å². The van der Waals surface area contributed by atoms with Crippen molar-refractivity contribution in [2.45, 2.75) is 39.0 Å². The summed E-state index contributed by atoms with van der Waals surface area (Å²) in [5, 5.41) is 1.62. The Balaban J connectivity index is 1.30. The Labute approximate surface area is 176 Å². The van der Waals surface area contributed by atoms with E-state index in [9.17, 15) is 4.79 Å². The van der Waals surface area contributed by atoms with Crippen LogP contribution < -0.4 is 10.2 Å². The smallest absolute Gasteiger partial charge is 0.200 e. The van der Waals surface area contributed by atoms with Gasteiger partial charge in [0.15, 0.2) is 0 Å². The summed E-state index contributed by atoms with van der Waals surface area (Å²) in [7, 11) is 0. The van der Waals surface area contributed by atoms with Crippen molar-refractivity contribution >= 4 is 33.5 Å². The fraction of sp³-hybridized carbons (Fsp3) is 0.458. The lowest BCUT2D eigenvalue weighted by molar-refractivity contribution is 0.187. The molecule has 0 N–H and O–H groups in total. The maximum absolute atomic E-state index is 12.8. The van der Waals surface area contributed by atoms with E-state index in [0.717, 1.165) is 18.8 Å². The van der Waals surface area contributed by atoms with E-state index in [4.69, 9.17) is 20.8 Å². The first kappa shape index (κ1) is 20.2. The number of hydrogen-bond acceptors (Lipinski definition) is 4. The molecule has 0 spiro atoms. The molecule has 0 saturated carbocycles. The zero-order valence-corrected chi connectivity index (χ0v) is 17.7. The molecule has 2 heterocycles. The molecule has 2 aromatic carbocycles. The second kappa shape index (κ2) is 9.19. The molecule has 5 heteroatoms. The van der Waals surface area contributed by atoms with Crippen LogP contribution in [0.3, 0.4) is 0 Å². The van der Waals surface area contributed by atoms with Crippen molar-refractivity contribution in [3.8, 4) is 5.75 Å². The Bertz CT molecular complexity index is 1040. The van der Waals surface area contributed by atoms with Gasteiger partial charge in [-0.3, -0.25) is 4.79 Å². The van der Waals surface area contributed by atoms with Crippen LogP contribution in [0.2, 0.25) is 5.02 Å². The van der Waals surface area contributed by atoms with Crippen molar-refractivity contribution in [2.75, 3.05) is 26.2 Å². The molecule has 1 aliphatic heterocycles. The number of piperidine rings is 1. The zero-order chi connectivity index (χ0) is 20.2. The summed E-state index contributed by atoms with van der Waals surface area (Å²) in [4.78, 5) is 15.4. The first-order valence-electron chi connectivity index (χ1n) is 10.6. The zero-order valence-electron chi connectivity index (χ0n) is 17.0. The van der Waals surface area contributed by atoms with Gasteiger partial charge in [-0.1, -0.05) is 18.5 Å². The van der Waals surface area contributed by atoms with E-state index in [1.165, 1.54) is 38.9 Å². The first-order chi connectivity index (χ1) is 14.1. The van der Waals surface area contributed by atoms with Crippen LogP contribution >= 0.6 is 11.6 Å². The predicted molar refractivity (Wildman–Crippen MR) is 119 cm³/mol. The second-order valence-corrected chi connectivity index (χ2v) is 8.60. The van der Waals surface area contributed by atoms with Gasteiger partial charge in [-0.25, -0.2) is 0 Å². The third kappa shape index (κ3) is 4.93. The third-order valence-corrected chi connectivity index (χ3v) is 6.10. The lowest BCUT2D eigenvalue weighted by atomic mass is 9.99. The molecule has 0 aliphatic carbocycles. The highest BCUT2D eigenvalue weighted by molar-refractivity contribution is 6.31. The summed E-state index contributed by atoms with van der Waals surface area (Å²) < 4.78 is 11.7. The van der Waals surface area contributed by atoms with Gasteiger partial charge in [0.25, 0.3) is 0 Å². The molecule has 1 aliphatic rings. The molecule has 0 radical (unpaired) electrons. The molecule has 4 nitrogen and oxygen atoms in total. The standard InChI is InChI=1S/C24H28ClNO3/c1-17-9-12-26(13-10-17)11-3-2-4-14-28-19-6-8-22-21(16-19)24(27)20-7-5-18(25)15-23(20)29-22/h5-8,15-17H,2-4,9-14H2,1H3. The number of rotatable bonds is 7. The normalized spacial score (nSPS) is 15.9. The fourth-order valence-corrected chi connectivity index (χ4v) is 4.15. The average molecular weight is 414 g/mol. The van der Waals surface area contributed by atoms with Crippen LogP contribution in [0.4, 0.5) is 0 Å². The first-order valence-corrected chi connectivity index (χ1v) is 11.0. The van der Waals surface area contributed by atoms with Crippen LogP contribution in [0.5, 0.6) is 5.75 Å². The molecule has 1 saturated heterocycles. The molecule has 154 valence electrons. The molecule has 0 bridgehead atoms. The minimum absolute atomic E-state index is 0.0563. The van der Waals surface area contributed by atoms with E-state index >= 15 is 0 Å². The van der Waals surface area contributed by atoms with Gasteiger partial charge >= 0.3 is 0 Å². The van der Waals surface area contributed by atoms with Gasteiger partial charge in [-0.15, -0.1) is 0 Å². The number of likely N-dealkylation sites (tertiary alicyclic amines) is 1. The maximum Gasteiger partial charge on any atom is 0.200 e. The molecule has 4 rings (SSSR count). The summed E-state index contributed by atoms with van der Waals surface area (Å²) in [6.45, 7) is 6.71. The molecule has 3 aromatic rings. The molecule has 29 heavy (non-hydrogen) atoms. The number of halogens is 1. The minimum atomic E-state index is -0.0563. The fourth-order valence-electron chi connectivity index (χ4n) is 3.99. The molecule has 1 fully saturated rings. The van der Waals surface area contributed by atoms with E-state index in [2.05, 4.69) is 11.8 Å². The topological polar surface area (TPSA) is 42.7 Å². The van der Waals surface area contributed by atoms with Crippen LogP contribution in [-0.2, 0) is 0 Å². The van der Waals surface area contributed by atoms with Gasteiger partial charge in [-0.05, 0) is 88.0 Å². The Morgan fingerprint density at radius 3 is 2.69 bits per heavy atom. The van der Waals surface area contributed by atoms with E-state index in [0.29, 0.717) is 39.3 Å².